The molecule has 0 atom stereocenters. The molecule has 0 aliphatic heterocycles. The standard InChI is InChI=1S/C16H23N3OS/c1-13-6-4-5-7-14(13)11-19(2)16-18-15(12-21-16)10-17-8-9-20-3/h4-7,12,17H,8-11H2,1-3H3. The van der Waals surface area contributed by atoms with Crippen molar-refractivity contribution >= 4 is 16.5 Å². The van der Waals surface area contributed by atoms with E-state index in [0.717, 1.165) is 37.1 Å². The van der Waals surface area contributed by atoms with Crippen LogP contribution < -0.4 is 10.2 Å². The zero-order chi connectivity index (χ0) is 15.1. The van der Waals surface area contributed by atoms with Crippen molar-refractivity contribution in [3.63, 3.8) is 0 Å². The van der Waals surface area contributed by atoms with Gasteiger partial charge in [0.05, 0.1) is 12.3 Å². The van der Waals surface area contributed by atoms with Crippen LogP contribution in [0.4, 0.5) is 5.13 Å². The van der Waals surface area contributed by atoms with Crippen molar-refractivity contribution in [2.75, 3.05) is 32.2 Å². The van der Waals surface area contributed by atoms with E-state index in [9.17, 15) is 0 Å². The lowest BCUT2D eigenvalue weighted by Crippen LogP contribution is -2.19. The van der Waals surface area contributed by atoms with Gasteiger partial charge in [-0.3, -0.25) is 0 Å². The van der Waals surface area contributed by atoms with Crippen LogP contribution in [0.2, 0.25) is 0 Å². The fourth-order valence-electron chi connectivity index (χ4n) is 2.05. The summed E-state index contributed by atoms with van der Waals surface area (Å²) in [4.78, 5) is 6.87. The summed E-state index contributed by atoms with van der Waals surface area (Å²) >= 11 is 1.69. The number of rotatable bonds is 8. The molecule has 4 nitrogen and oxygen atoms in total. The Morgan fingerprint density at radius 2 is 2.14 bits per heavy atom. The van der Waals surface area contributed by atoms with E-state index in [1.807, 2.05) is 0 Å². The van der Waals surface area contributed by atoms with E-state index in [0.29, 0.717) is 0 Å². The molecule has 0 bridgehead atoms. The molecule has 0 saturated carbocycles. The van der Waals surface area contributed by atoms with E-state index in [1.54, 1.807) is 18.4 Å². The second kappa shape index (κ2) is 8.12. The molecule has 0 amide bonds. The summed E-state index contributed by atoms with van der Waals surface area (Å²) in [5, 5.41) is 6.49. The number of hydrogen-bond donors (Lipinski definition) is 1. The maximum Gasteiger partial charge on any atom is 0.185 e. The molecule has 0 unspecified atom stereocenters. The lowest BCUT2D eigenvalue weighted by molar-refractivity contribution is 0.199. The summed E-state index contributed by atoms with van der Waals surface area (Å²) in [6.45, 7) is 5.40. The van der Waals surface area contributed by atoms with E-state index < -0.39 is 0 Å². The summed E-state index contributed by atoms with van der Waals surface area (Å²) in [5.41, 5.74) is 3.75. The third-order valence-corrected chi connectivity index (χ3v) is 4.33. The topological polar surface area (TPSA) is 37.4 Å². The van der Waals surface area contributed by atoms with E-state index in [2.05, 4.69) is 58.8 Å². The minimum Gasteiger partial charge on any atom is -0.383 e. The van der Waals surface area contributed by atoms with Gasteiger partial charge in [0.25, 0.3) is 0 Å². The SMILES string of the molecule is COCCNCc1csc(N(C)Cc2ccccc2C)n1. The molecule has 1 aromatic heterocycles. The number of nitrogens with one attached hydrogen (secondary N) is 1. The van der Waals surface area contributed by atoms with Crippen molar-refractivity contribution in [1.29, 1.82) is 0 Å². The summed E-state index contributed by atoms with van der Waals surface area (Å²) in [5.74, 6) is 0. The van der Waals surface area contributed by atoms with Gasteiger partial charge in [-0.25, -0.2) is 4.98 Å². The van der Waals surface area contributed by atoms with Crippen LogP contribution in [0, 0.1) is 6.92 Å². The highest BCUT2D eigenvalue weighted by Gasteiger charge is 2.08. The molecular weight excluding hydrogens is 282 g/mol. The number of ether oxygens (including phenoxy) is 1. The minimum atomic E-state index is 0.726. The highest BCUT2D eigenvalue weighted by molar-refractivity contribution is 7.13. The monoisotopic (exact) mass is 305 g/mol. The van der Waals surface area contributed by atoms with Crippen molar-refractivity contribution in [2.45, 2.75) is 20.0 Å². The lowest BCUT2D eigenvalue weighted by atomic mass is 10.1. The van der Waals surface area contributed by atoms with E-state index in [1.165, 1.54) is 11.1 Å². The number of aromatic nitrogens is 1. The molecule has 2 rings (SSSR count). The Morgan fingerprint density at radius 3 is 2.90 bits per heavy atom. The van der Waals surface area contributed by atoms with Crippen LogP contribution in [0.3, 0.4) is 0 Å². The molecule has 1 aromatic carbocycles. The van der Waals surface area contributed by atoms with Gasteiger partial charge in [-0.1, -0.05) is 24.3 Å². The maximum absolute atomic E-state index is 5.01. The molecule has 0 fully saturated rings. The molecule has 1 N–H and O–H groups in total. The minimum absolute atomic E-state index is 0.726. The van der Waals surface area contributed by atoms with Gasteiger partial charge < -0.3 is 15.0 Å². The van der Waals surface area contributed by atoms with Gasteiger partial charge in [0, 0.05) is 39.2 Å². The zero-order valence-corrected chi connectivity index (χ0v) is 13.7. The summed E-state index contributed by atoms with van der Waals surface area (Å²) in [7, 11) is 3.80. The first-order valence-electron chi connectivity index (χ1n) is 7.10. The molecule has 21 heavy (non-hydrogen) atoms. The highest BCUT2D eigenvalue weighted by Crippen LogP contribution is 2.21. The van der Waals surface area contributed by atoms with Crippen LogP contribution in [-0.2, 0) is 17.8 Å². The second-order valence-corrected chi connectivity index (χ2v) is 5.91. The summed E-state index contributed by atoms with van der Waals surface area (Å²) in [6, 6.07) is 8.48. The molecule has 2 aromatic rings. The van der Waals surface area contributed by atoms with Gasteiger partial charge >= 0.3 is 0 Å². The molecule has 5 heteroatoms. The van der Waals surface area contributed by atoms with Gasteiger partial charge in [0.1, 0.15) is 0 Å². The van der Waals surface area contributed by atoms with Crippen molar-refractivity contribution < 1.29 is 4.74 Å². The number of methoxy groups -OCH3 is 1. The van der Waals surface area contributed by atoms with Gasteiger partial charge in [-0.15, -0.1) is 11.3 Å². The average molecular weight is 305 g/mol. The van der Waals surface area contributed by atoms with Gasteiger partial charge in [0.15, 0.2) is 5.13 Å². The molecule has 0 aliphatic carbocycles. The third-order valence-electron chi connectivity index (χ3n) is 3.32. The number of hydrogen-bond acceptors (Lipinski definition) is 5. The number of thiazole rings is 1. The van der Waals surface area contributed by atoms with E-state index >= 15 is 0 Å². The van der Waals surface area contributed by atoms with Crippen LogP contribution in [0.25, 0.3) is 0 Å². The fourth-order valence-corrected chi connectivity index (χ4v) is 2.85. The fraction of sp³-hybridized carbons (Fsp3) is 0.438. The number of anilines is 1. The number of nitrogens with zero attached hydrogens (tertiary/aromatic N) is 2. The molecule has 0 radical (unpaired) electrons. The Hall–Kier alpha value is -1.43. The Balaban J connectivity index is 1.90. The lowest BCUT2D eigenvalue weighted by Gasteiger charge is -2.17. The van der Waals surface area contributed by atoms with Gasteiger partial charge in [0.2, 0.25) is 0 Å². The third kappa shape index (κ3) is 4.81. The molecule has 0 spiro atoms. The summed E-state index contributed by atoms with van der Waals surface area (Å²) < 4.78 is 5.01. The van der Waals surface area contributed by atoms with Gasteiger partial charge in [-0.2, -0.15) is 0 Å². The Morgan fingerprint density at radius 1 is 1.33 bits per heavy atom. The average Bonchev–Trinajstić information content (AvgIpc) is 2.95. The molecule has 114 valence electrons. The smallest absolute Gasteiger partial charge is 0.185 e. The maximum atomic E-state index is 5.01. The van der Waals surface area contributed by atoms with E-state index in [4.69, 9.17) is 4.74 Å². The first-order valence-corrected chi connectivity index (χ1v) is 7.98. The zero-order valence-electron chi connectivity index (χ0n) is 12.9. The first kappa shape index (κ1) is 15.9. The number of benzene rings is 1. The molecule has 0 saturated heterocycles. The largest absolute Gasteiger partial charge is 0.383 e. The number of aryl methyl sites for hydroxylation is 1. The van der Waals surface area contributed by atoms with E-state index in [-0.39, 0.29) is 0 Å². The predicted octanol–water partition coefficient (Wildman–Crippen LogP) is 2.82. The Bertz CT molecular complexity index is 556. The Kier molecular flexibility index (Phi) is 6.17. The van der Waals surface area contributed by atoms with Crippen LogP contribution in [0.15, 0.2) is 29.6 Å². The molecule has 0 aliphatic rings. The molecular formula is C16H23N3OS. The van der Waals surface area contributed by atoms with Crippen LogP contribution >= 0.6 is 11.3 Å². The summed E-state index contributed by atoms with van der Waals surface area (Å²) in [6.07, 6.45) is 0. The van der Waals surface area contributed by atoms with Gasteiger partial charge in [-0.05, 0) is 18.1 Å². The highest BCUT2D eigenvalue weighted by atomic mass is 32.1. The normalized spacial score (nSPS) is 10.8. The van der Waals surface area contributed by atoms with Crippen LogP contribution in [0.5, 0.6) is 0 Å². The van der Waals surface area contributed by atoms with Crippen molar-refractivity contribution in [1.82, 2.24) is 10.3 Å². The first-order chi connectivity index (χ1) is 10.2. The van der Waals surface area contributed by atoms with Crippen molar-refractivity contribution in [2.24, 2.45) is 0 Å². The van der Waals surface area contributed by atoms with Crippen molar-refractivity contribution in [3.05, 3.63) is 46.5 Å². The quantitative estimate of drug-likeness (QED) is 0.761. The second-order valence-electron chi connectivity index (χ2n) is 5.07. The van der Waals surface area contributed by atoms with Crippen LogP contribution in [0.1, 0.15) is 16.8 Å². The Labute approximate surface area is 130 Å². The predicted molar refractivity (Wildman–Crippen MR) is 89.0 cm³/mol. The van der Waals surface area contributed by atoms with Crippen LogP contribution in [-0.4, -0.2) is 32.3 Å². The molecule has 1 heterocycles. The van der Waals surface area contributed by atoms with Crippen molar-refractivity contribution in [3.8, 4) is 0 Å².